The lowest BCUT2D eigenvalue weighted by Crippen LogP contribution is -2.14. The molecule has 2 nitrogen and oxygen atoms in total. The zero-order chi connectivity index (χ0) is 25.1. The average Bonchev–Trinajstić information content (AvgIpc) is 2.87. The molecule has 0 aliphatic heterocycles. The van der Waals surface area contributed by atoms with E-state index in [1.165, 1.54) is 136 Å². The van der Waals surface area contributed by atoms with Crippen LogP contribution >= 0.6 is 0 Å². The average molecular weight is 479 g/mol. The molecule has 0 atom stereocenters. The molecule has 0 aliphatic rings. The fourth-order valence-electron chi connectivity index (χ4n) is 4.89. The molecule has 0 unspecified atom stereocenters. The first-order chi connectivity index (χ1) is 17.2. The molecule has 2 heteroatoms. The molecule has 0 saturated carbocycles. The summed E-state index contributed by atoms with van der Waals surface area (Å²) in [6, 6.07) is 14.3. The highest BCUT2D eigenvalue weighted by Crippen LogP contribution is 2.24. The summed E-state index contributed by atoms with van der Waals surface area (Å²) in [5.41, 5.74) is 8.58. The van der Waals surface area contributed by atoms with E-state index in [2.05, 4.69) is 74.7 Å². The van der Waals surface area contributed by atoms with E-state index in [0.717, 1.165) is 6.67 Å². The van der Waals surface area contributed by atoms with Crippen LogP contribution in [0.4, 0.5) is 11.4 Å². The predicted molar refractivity (Wildman–Crippen MR) is 158 cm³/mol. The van der Waals surface area contributed by atoms with E-state index in [1.807, 2.05) is 0 Å². The van der Waals surface area contributed by atoms with Crippen LogP contribution in [0.2, 0.25) is 0 Å². The fourth-order valence-corrected chi connectivity index (χ4v) is 4.89. The van der Waals surface area contributed by atoms with Crippen LogP contribution in [0.1, 0.15) is 127 Å². The predicted octanol–water partition coefficient (Wildman–Crippen LogP) is 10.1. The maximum absolute atomic E-state index is 3.72. The van der Waals surface area contributed by atoms with Gasteiger partial charge in [-0.1, -0.05) is 103 Å². The van der Waals surface area contributed by atoms with E-state index < -0.39 is 0 Å². The van der Waals surface area contributed by atoms with Gasteiger partial charge in [-0.2, -0.15) is 0 Å². The molecule has 0 amide bonds. The summed E-state index contributed by atoms with van der Waals surface area (Å²) in [4.78, 5) is 0. The topological polar surface area (TPSA) is 24.1 Å². The quantitative estimate of drug-likeness (QED) is 0.146. The lowest BCUT2D eigenvalue weighted by molar-refractivity contribution is 0.708. The summed E-state index contributed by atoms with van der Waals surface area (Å²) >= 11 is 0. The van der Waals surface area contributed by atoms with Crippen LogP contribution in [0, 0.1) is 0 Å². The van der Waals surface area contributed by atoms with Crippen molar-refractivity contribution in [1.29, 1.82) is 0 Å². The highest BCUT2D eigenvalue weighted by atomic mass is 15.1. The van der Waals surface area contributed by atoms with Crippen molar-refractivity contribution in [2.24, 2.45) is 0 Å². The van der Waals surface area contributed by atoms with Gasteiger partial charge in [-0.05, 0) is 85.8 Å². The smallest absolute Gasteiger partial charge is 0.0849 e. The minimum absolute atomic E-state index is 0.770. The minimum Gasteiger partial charge on any atom is -0.368 e. The second-order valence-corrected chi connectivity index (χ2v) is 10.3. The molecular formula is C33H54N2. The lowest BCUT2D eigenvalue weighted by atomic mass is 9.99. The molecule has 0 aliphatic carbocycles. The molecule has 0 fully saturated rings. The Kier molecular flexibility index (Phi) is 15.3. The van der Waals surface area contributed by atoms with E-state index in [1.54, 1.807) is 0 Å². The molecule has 2 aromatic rings. The number of anilines is 2. The molecule has 196 valence electrons. The van der Waals surface area contributed by atoms with Crippen molar-refractivity contribution >= 4 is 11.4 Å². The number of rotatable bonds is 20. The Hall–Kier alpha value is -1.96. The van der Waals surface area contributed by atoms with Crippen LogP contribution in [0.25, 0.3) is 0 Å². The van der Waals surface area contributed by atoms with Crippen LogP contribution < -0.4 is 10.6 Å². The molecule has 2 rings (SSSR count). The van der Waals surface area contributed by atoms with E-state index in [0.29, 0.717) is 0 Å². The van der Waals surface area contributed by atoms with Gasteiger partial charge in [0.1, 0.15) is 0 Å². The summed E-state index contributed by atoms with van der Waals surface area (Å²) in [5, 5.41) is 7.45. The molecule has 2 aromatic carbocycles. The van der Waals surface area contributed by atoms with Crippen LogP contribution in [0.15, 0.2) is 36.4 Å². The van der Waals surface area contributed by atoms with Crippen molar-refractivity contribution in [3.63, 3.8) is 0 Å². The van der Waals surface area contributed by atoms with Gasteiger partial charge in [-0.25, -0.2) is 0 Å². The van der Waals surface area contributed by atoms with Crippen molar-refractivity contribution < 1.29 is 0 Å². The normalized spacial score (nSPS) is 11.1. The van der Waals surface area contributed by atoms with E-state index in [4.69, 9.17) is 0 Å². The second-order valence-electron chi connectivity index (χ2n) is 10.3. The van der Waals surface area contributed by atoms with Gasteiger partial charge in [0.05, 0.1) is 6.67 Å². The summed E-state index contributed by atoms with van der Waals surface area (Å²) in [6.45, 7) is 9.91. The third-order valence-electron chi connectivity index (χ3n) is 7.13. The molecule has 2 N–H and O–H groups in total. The monoisotopic (exact) mass is 478 g/mol. The van der Waals surface area contributed by atoms with Crippen LogP contribution in [-0.4, -0.2) is 6.67 Å². The van der Waals surface area contributed by atoms with Crippen molar-refractivity contribution in [2.45, 2.75) is 130 Å². The number of unbranched alkanes of at least 4 members (excludes halogenated alkanes) is 8. The fraction of sp³-hybridized carbons (Fsp3) is 0.636. The number of hydrogen-bond acceptors (Lipinski definition) is 2. The van der Waals surface area contributed by atoms with Gasteiger partial charge in [0, 0.05) is 11.4 Å². The largest absolute Gasteiger partial charge is 0.368 e. The van der Waals surface area contributed by atoms with E-state index in [9.17, 15) is 0 Å². The highest BCUT2D eigenvalue weighted by molar-refractivity contribution is 5.56. The molecule has 0 spiro atoms. The number of nitrogens with one attached hydrogen (secondary N) is 2. The molecule has 0 bridgehead atoms. The summed E-state index contributed by atoms with van der Waals surface area (Å²) in [7, 11) is 0. The first kappa shape index (κ1) is 29.3. The Morgan fingerprint density at radius 3 is 1.20 bits per heavy atom. The highest BCUT2D eigenvalue weighted by Gasteiger charge is 2.07. The number of aryl methyl sites for hydroxylation is 4. The van der Waals surface area contributed by atoms with Gasteiger partial charge < -0.3 is 10.6 Å². The van der Waals surface area contributed by atoms with E-state index in [-0.39, 0.29) is 0 Å². The molecule has 0 heterocycles. The summed E-state index contributed by atoms with van der Waals surface area (Å²) in [6.07, 6.45) is 20.3. The minimum atomic E-state index is 0.770. The Balaban J connectivity index is 2.04. The van der Waals surface area contributed by atoms with E-state index >= 15 is 0 Å². The van der Waals surface area contributed by atoms with Gasteiger partial charge in [-0.15, -0.1) is 0 Å². The SMILES string of the molecule is CCCCCc1ccc(NCNc2ccc(CCCCC)cc2CCCCC)c(CCCCC)c1. The summed E-state index contributed by atoms with van der Waals surface area (Å²) < 4.78 is 0. The maximum atomic E-state index is 3.72. The number of hydrogen-bond donors (Lipinski definition) is 2. The molecular weight excluding hydrogens is 424 g/mol. The van der Waals surface area contributed by atoms with Crippen LogP contribution in [-0.2, 0) is 25.7 Å². The number of benzene rings is 2. The standard InChI is InChI=1S/C33H54N2/c1-5-9-13-17-28-21-23-32(30(25-28)19-15-11-7-3)34-27-35-33-24-22-29(18-14-10-6-2)26-31(33)20-16-12-8-4/h21-26,34-35H,5-20,27H2,1-4H3. The Morgan fingerprint density at radius 1 is 0.457 bits per heavy atom. The van der Waals surface area contributed by atoms with Crippen molar-refractivity contribution in [1.82, 2.24) is 0 Å². The van der Waals surface area contributed by atoms with Gasteiger partial charge in [0.25, 0.3) is 0 Å². The van der Waals surface area contributed by atoms with Crippen molar-refractivity contribution in [2.75, 3.05) is 17.3 Å². The first-order valence-corrected chi connectivity index (χ1v) is 14.9. The first-order valence-electron chi connectivity index (χ1n) is 14.9. The molecule has 0 aromatic heterocycles. The second kappa shape index (κ2) is 18.3. The van der Waals surface area contributed by atoms with Crippen molar-refractivity contribution in [3.8, 4) is 0 Å². The molecule has 0 saturated heterocycles. The summed E-state index contributed by atoms with van der Waals surface area (Å²) in [5.74, 6) is 0. The lowest BCUT2D eigenvalue weighted by Gasteiger charge is -2.18. The van der Waals surface area contributed by atoms with Gasteiger partial charge in [-0.3, -0.25) is 0 Å². The van der Waals surface area contributed by atoms with Crippen LogP contribution in [0.5, 0.6) is 0 Å². The zero-order valence-electron chi connectivity index (χ0n) is 23.5. The maximum Gasteiger partial charge on any atom is 0.0849 e. The van der Waals surface area contributed by atoms with Crippen molar-refractivity contribution in [3.05, 3.63) is 58.7 Å². The van der Waals surface area contributed by atoms with Crippen LogP contribution in [0.3, 0.4) is 0 Å². The Bertz CT molecular complexity index is 743. The third kappa shape index (κ3) is 11.5. The van der Waals surface area contributed by atoms with Gasteiger partial charge in [0.15, 0.2) is 0 Å². The van der Waals surface area contributed by atoms with Gasteiger partial charge >= 0.3 is 0 Å². The Labute approximate surface area is 217 Å². The third-order valence-corrected chi connectivity index (χ3v) is 7.13. The van der Waals surface area contributed by atoms with Gasteiger partial charge in [0.2, 0.25) is 0 Å². The Morgan fingerprint density at radius 2 is 0.829 bits per heavy atom. The molecule has 35 heavy (non-hydrogen) atoms. The zero-order valence-corrected chi connectivity index (χ0v) is 23.5. The molecule has 0 radical (unpaired) electrons.